The molecule has 1 N–H and O–H groups in total. The smallest absolute Gasteiger partial charge is 0.0702 e. The van der Waals surface area contributed by atoms with Crippen molar-refractivity contribution in [2.45, 2.75) is 20.5 Å². The molecule has 0 radical (unpaired) electrons. The summed E-state index contributed by atoms with van der Waals surface area (Å²) >= 11 is 5.98. The molecule has 3 nitrogen and oxygen atoms in total. The Hall–Kier alpha value is -0.770. The third-order valence-electron chi connectivity index (χ3n) is 3.55. The number of rotatable bonds is 4. The Bertz CT molecular complexity index is 415. The summed E-state index contributed by atoms with van der Waals surface area (Å²) in [6, 6.07) is 5.78. The molecule has 19 heavy (non-hydrogen) atoms. The molecule has 0 aliphatic carbocycles. The third kappa shape index (κ3) is 3.85. The summed E-state index contributed by atoms with van der Waals surface area (Å²) in [7, 11) is 0. The molecule has 1 aromatic rings. The fourth-order valence-electron chi connectivity index (χ4n) is 2.68. The zero-order chi connectivity index (χ0) is 13.8. The second kappa shape index (κ2) is 6.60. The van der Waals surface area contributed by atoms with Crippen LogP contribution in [0.3, 0.4) is 0 Å². The van der Waals surface area contributed by atoms with Crippen molar-refractivity contribution in [1.82, 2.24) is 4.90 Å². The van der Waals surface area contributed by atoms with E-state index in [0.717, 1.165) is 43.3 Å². The highest BCUT2D eigenvalue weighted by Crippen LogP contribution is 2.25. The van der Waals surface area contributed by atoms with Crippen LogP contribution < -0.4 is 4.90 Å². The van der Waals surface area contributed by atoms with Crippen LogP contribution in [-0.4, -0.2) is 42.7 Å². The number of hydrogen-bond acceptors (Lipinski definition) is 3. The van der Waals surface area contributed by atoms with E-state index in [1.54, 1.807) is 0 Å². The fraction of sp³-hybridized carbons (Fsp3) is 0.600. The lowest BCUT2D eigenvalue weighted by Gasteiger charge is -2.37. The number of piperazine rings is 1. The molecule has 1 saturated heterocycles. The first kappa shape index (κ1) is 14.6. The Labute approximate surface area is 120 Å². The molecule has 1 fully saturated rings. The van der Waals surface area contributed by atoms with Gasteiger partial charge in [-0.15, -0.1) is 0 Å². The van der Waals surface area contributed by atoms with Crippen LogP contribution in [0.15, 0.2) is 18.2 Å². The third-order valence-corrected chi connectivity index (χ3v) is 3.78. The van der Waals surface area contributed by atoms with Gasteiger partial charge in [0.15, 0.2) is 0 Å². The van der Waals surface area contributed by atoms with Crippen LogP contribution in [-0.2, 0) is 6.61 Å². The van der Waals surface area contributed by atoms with E-state index < -0.39 is 0 Å². The number of halogens is 1. The lowest BCUT2D eigenvalue weighted by Crippen LogP contribution is -2.47. The van der Waals surface area contributed by atoms with Crippen LogP contribution in [0, 0.1) is 5.92 Å². The average molecular weight is 283 g/mol. The Balaban J connectivity index is 2.01. The van der Waals surface area contributed by atoms with E-state index in [9.17, 15) is 5.11 Å². The molecule has 0 amide bonds. The van der Waals surface area contributed by atoms with Gasteiger partial charge in [-0.1, -0.05) is 25.4 Å². The van der Waals surface area contributed by atoms with Crippen molar-refractivity contribution in [3.05, 3.63) is 28.8 Å². The summed E-state index contributed by atoms with van der Waals surface area (Å²) in [5, 5.41) is 10.1. The van der Waals surface area contributed by atoms with Gasteiger partial charge in [0.2, 0.25) is 0 Å². The molecule has 0 aromatic heterocycles. The van der Waals surface area contributed by atoms with Crippen LogP contribution in [0.2, 0.25) is 5.02 Å². The quantitative estimate of drug-likeness (QED) is 0.920. The van der Waals surface area contributed by atoms with Gasteiger partial charge in [-0.3, -0.25) is 4.90 Å². The average Bonchev–Trinajstić information content (AvgIpc) is 2.39. The molecule has 106 valence electrons. The molecule has 0 saturated carbocycles. The van der Waals surface area contributed by atoms with Gasteiger partial charge in [-0.2, -0.15) is 0 Å². The lowest BCUT2D eigenvalue weighted by atomic mass is 10.1. The molecule has 1 aliphatic rings. The van der Waals surface area contributed by atoms with Gasteiger partial charge in [0.1, 0.15) is 0 Å². The SMILES string of the molecule is CC(C)CN1CCN(c2ccc(Cl)cc2CO)CC1. The van der Waals surface area contributed by atoms with Crippen molar-refractivity contribution in [1.29, 1.82) is 0 Å². The van der Waals surface area contributed by atoms with Gasteiger partial charge in [0, 0.05) is 49.0 Å². The second-order valence-corrected chi connectivity index (χ2v) is 6.05. The van der Waals surface area contributed by atoms with Crippen LogP contribution in [0.25, 0.3) is 0 Å². The normalized spacial score (nSPS) is 17.2. The molecule has 0 unspecified atom stereocenters. The Morgan fingerprint density at radius 3 is 2.47 bits per heavy atom. The standard InChI is InChI=1S/C15H23ClN2O/c1-12(2)10-17-5-7-18(8-6-17)15-4-3-14(16)9-13(15)11-19/h3-4,9,12,19H,5-8,10-11H2,1-2H3. The molecule has 0 bridgehead atoms. The minimum absolute atomic E-state index is 0.0438. The van der Waals surface area contributed by atoms with Crippen molar-refractivity contribution < 1.29 is 5.11 Å². The molecular weight excluding hydrogens is 260 g/mol. The Morgan fingerprint density at radius 2 is 1.89 bits per heavy atom. The number of anilines is 1. The summed E-state index contributed by atoms with van der Waals surface area (Å²) in [5.74, 6) is 0.718. The number of nitrogens with zero attached hydrogens (tertiary/aromatic N) is 2. The number of aliphatic hydroxyl groups excluding tert-OH is 1. The van der Waals surface area contributed by atoms with Gasteiger partial charge >= 0.3 is 0 Å². The number of aliphatic hydroxyl groups is 1. The summed E-state index contributed by atoms with van der Waals surface area (Å²) in [6.07, 6.45) is 0. The molecular formula is C15H23ClN2O. The van der Waals surface area contributed by atoms with Crippen LogP contribution >= 0.6 is 11.6 Å². The van der Waals surface area contributed by atoms with Crippen molar-refractivity contribution in [2.24, 2.45) is 5.92 Å². The highest BCUT2D eigenvalue weighted by atomic mass is 35.5. The maximum atomic E-state index is 9.45. The topological polar surface area (TPSA) is 26.7 Å². The maximum absolute atomic E-state index is 9.45. The van der Waals surface area contributed by atoms with Gasteiger partial charge in [-0.05, 0) is 24.1 Å². The molecule has 1 aliphatic heterocycles. The minimum Gasteiger partial charge on any atom is -0.392 e. The molecule has 1 heterocycles. The minimum atomic E-state index is 0.0438. The van der Waals surface area contributed by atoms with Crippen molar-refractivity contribution in [2.75, 3.05) is 37.6 Å². The highest BCUT2D eigenvalue weighted by Gasteiger charge is 2.19. The van der Waals surface area contributed by atoms with E-state index in [1.165, 1.54) is 6.54 Å². The van der Waals surface area contributed by atoms with Crippen molar-refractivity contribution in [3.8, 4) is 0 Å². The number of hydrogen-bond donors (Lipinski definition) is 1. The zero-order valence-electron chi connectivity index (χ0n) is 11.8. The van der Waals surface area contributed by atoms with E-state index in [0.29, 0.717) is 5.02 Å². The van der Waals surface area contributed by atoms with Crippen LogP contribution in [0.4, 0.5) is 5.69 Å². The summed E-state index contributed by atoms with van der Waals surface area (Å²) in [4.78, 5) is 4.86. The van der Waals surface area contributed by atoms with Gasteiger partial charge in [-0.25, -0.2) is 0 Å². The predicted octanol–water partition coefficient (Wildman–Crippen LogP) is 2.61. The van der Waals surface area contributed by atoms with E-state index >= 15 is 0 Å². The van der Waals surface area contributed by atoms with Crippen LogP contribution in [0.1, 0.15) is 19.4 Å². The lowest BCUT2D eigenvalue weighted by molar-refractivity contribution is 0.230. The first-order valence-electron chi connectivity index (χ1n) is 6.96. The molecule has 1 aromatic carbocycles. The molecule has 4 heteroatoms. The van der Waals surface area contributed by atoms with E-state index in [2.05, 4.69) is 23.6 Å². The number of benzene rings is 1. The second-order valence-electron chi connectivity index (χ2n) is 5.61. The molecule has 2 rings (SSSR count). The molecule has 0 atom stereocenters. The zero-order valence-corrected chi connectivity index (χ0v) is 12.5. The maximum Gasteiger partial charge on any atom is 0.0702 e. The van der Waals surface area contributed by atoms with E-state index in [-0.39, 0.29) is 6.61 Å². The summed E-state index contributed by atoms with van der Waals surface area (Å²) in [6.45, 7) is 9.94. The van der Waals surface area contributed by atoms with E-state index in [1.807, 2.05) is 18.2 Å². The van der Waals surface area contributed by atoms with Crippen LogP contribution in [0.5, 0.6) is 0 Å². The predicted molar refractivity (Wildman–Crippen MR) is 80.9 cm³/mol. The fourth-order valence-corrected chi connectivity index (χ4v) is 2.87. The van der Waals surface area contributed by atoms with Crippen molar-refractivity contribution >= 4 is 17.3 Å². The van der Waals surface area contributed by atoms with Gasteiger partial charge < -0.3 is 10.0 Å². The monoisotopic (exact) mass is 282 g/mol. The summed E-state index contributed by atoms with van der Waals surface area (Å²) in [5.41, 5.74) is 2.04. The largest absolute Gasteiger partial charge is 0.392 e. The van der Waals surface area contributed by atoms with E-state index in [4.69, 9.17) is 11.6 Å². The Kier molecular flexibility index (Phi) is 5.08. The van der Waals surface area contributed by atoms with Gasteiger partial charge in [0.05, 0.1) is 6.61 Å². The first-order valence-corrected chi connectivity index (χ1v) is 7.34. The van der Waals surface area contributed by atoms with Gasteiger partial charge in [0.25, 0.3) is 0 Å². The first-order chi connectivity index (χ1) is 9.10. The highest BCUT2D eigenvalue weighted by molar-refractivity contribution is 6.30. The Morgan fingerprint density at radius 1 is 1.21 bits per heavy atom. The summed E-state index contributed by atoms with van der Waals surface area (Å²) < 4.78 is 0. The van der Waals surface area contributed by atoms with Crippen molar-refractivity contribution in [3.63, 3.8) is 0 Å². The molecule has 0 spiro atoms.